The molecule has 2 aromatic rings. The second-order valence-corrected chi connectivity index (χ2v) is 11.6. The molecule has 1 aromatic carbocycles. The molecule has 0 amide bonds. The Morgan fingerprint density at radius 2 is 1.71 bits per heavy atom. The molecule has 1 aromatic heterocycles. The van der Waals surface area contributed by atoms with E-state index in [0.717, 1.165) is 37.6 Å². The van der Waals surface area contributed by atoms with Crippen molar-refractivity contribution in [2.75, 3.05) is 31.1 Å². The summed E-state index contributed by atoms with van der Waals surface area (Å²) >= 11 is 6.15. The van der Waals surface area contributed by atoms with Crippen LogP contribution in [-0.4, -0.2) is 42.1 Å². The van der Waals surface area contributed by atoms with Gasteiger partial charge in [-0.05, 0) is 112 Å². The summed E-state index contributed by atoms with van der Waals surface area (Å²) in [7, 11) is 0. The quantitative estimate of drug-likeness (QED) is 0.381. The molecule has 4 heteroatoms. The first kappa shape index (κ1) is 25.3. The highest BCUT2D eigenvalue weighted by molar-refractivity contribution is 6.30. The minimum absolute atomic E-state index is 0.0898. The molecule has 4 rings (SSSR count). The summed E-state index contributed by atoms with van der Waals surface area (Å²) in [6.45, 7) is 13.8. The van der Waals surface area contributed by atoms with E-state index in [1.54, 1.807) is 0 Å². The molecule has 1 unspecified atom stereocenters. The zero-order chi connectivity index (χ0) is 24.1. The lowest BCUT2D eigenvalue weighted by molar-refractivity contribution is 0.155. The lowest BCUT2D eigenvalue weighted by Gasteiger charge is -2.40. The van der Waals surface area contributed by atoms with E-state index in [9.17, 15) is 0 Å². The number of hydrogen-bond donors (Lipinski definition) is 0. The number of benzene rings is 1. The van der Waals surface area contributed by atoms with Crippen LogP contribution in [0, 0.1) is 0 Å². The molecule has 0 bridgehead atoms. The Balaban J connectivity index is 1.42. The highest BCUT2D eigenvalue weighted by Crippen LogP contribution is 2.35. The van der Waals surface area contributed by atoms with Crippen LogP contribution in [-0.2, 0) is 5.41 Å². The van der Waals surface area contributed by atoms with Gasteiger partial charge in [0.1, 0.15) is 5.82 Å². The molecule has 0 N–H and O–H groups in total. The first-order valence-electron chi connectivity index (χ1n) is 13.2. The van der Waals surface area contributed by atoms with Gasteiger partial charge in [0.05, 0.1) is 0 Å². The van der Waals surface area contributed by atoms with Crippen molar-refractivity contribution in [3.8, 4) is 0 Å². The average molecular weight is 480 g/mol. The van der Waals surface area contributed by atoms with Gasteiger partial charge in [0.2, 0.25) is 0 Å². The highest BCUT2D eigenvalue weighted by atomic mass is 35.5. The van der Waals surface area contributed by atoms with Crippen molar-refractivity contribution < 1.29 is 0 Å². The van der Waals surface area contributed by atoms with Gasteiger partial charge in [-0.15, -0.1) is 0 Å². The van der Waals surface area contributed by atoms with E-state index in [4.69, 9.17) is 16.6 Å². The van der Waals surface area contributed by atoms with Gasteiger partial charge in [0.15, 0.2) is 0 Å². The lowest BCUT2D eigenvalue weighted by Crippen LogP contribution is -2.43. The van der Waals surface area contributed by atoms with Gasteiger partial charge in [0.25, 0.3) is 0 Å². The van der Waals surface area contributed by atoms with E-state index in [0.29, 0.717) is 12.0 Å². The van der Waals surface area contributed by atoms with Crippen molar-refractivity contribution in [3.05, 3.63) is 70.4 Å². The maximum absolute atomic E-state index is 6.15. The number of pyridine rings is 1. The number of halogens is 1. The third-order valence-corrected chi connectivity index (χ3v) is 8.04. The van der Waals surface area contributed by atoms with E-state index in [1.807, 2.05) is 18.3 Å². The van der Waals surface area contributed by atoms with Gasteiger partial charge in [-0.2, -0.15) is 0 Å². The summed E-state index contributed by atoms with van der Waals surface area (Å²) in [5.74, 6) is 1.83. The molecule has 0 aliphatic carbocycles. The van der Waals surface area contributed by atoms with Gasteiger partial charge in [-0.25, -0.2) is 4.98 Å². The molecule has 2 aliphatic heterocycles. The van der Waals surface area contributed by atoms with E-state index >= 15 is 0 Å². The zero-order valence-electron chi connectivity index (χ0n) is 21.6. The summed E-state index contributed by atoms with van der Waals surface area (Å²) < 4.78 is 0. The average Bonchev–Trinajstić information content (AvgIpc) is 2.84. The number of rotatable bonds is 7. The van der Waals surface area contributed by atoms with Gasteiger partial charge in [-0.1, -0.05) is 49.2 Å². The Hall–Kier alpha value is -1.84. The van der Waals surface area contributed by atoms with Crippen LogP contribution in [0.5, 0.6) is 0 Å². The van der Waals surface area contributed by atoms with E-state index in [2.05, 4.69) is 67.8 Å². The normalized spacial score (nSPS) is 19.1. The zero-order valence-corrected chi connectivity index (χ0v) is 22.3. The van der Waals surface area contributed by atoms with Crippen LogP contribution in [0.1, 0.15) is 83.3 Å². The molecule has 2 fully saturated rings. The molecule has 3 nitrogen and oxygen atoms in total. The SMILES string of the molecule is CC(C)=CC(CC(C)(C)c1ccc(Cl)cc1)N1CCC(c2ccnc(N3CCCCC3)c2)CC1. The van der Waals surface area contributed by atoms with Crippen LogP contribution in [0.2, 0.25) is 5.02 Å². The third-order valence-electron chi connectivity index (χ3n) is 7.79. The summed E-state index contributed by atoms with van der Waals surface area (Å²) in [5.41, 5.74) is 4.34. The fraction of sp³-hybridized carbons (Fsp3) is 0.567. The molecule has 1 atom stereocenters. The molecular weight excluding hydrogens is 438 g/mol. The van der Waals surface area contributed by atoms with Crippen LogP contribution < -0.4 is 4.90 Å². The van der Waals surface area contributed by atoms with Gasteiger partial charge in [0, 0.05) is 30.4 Å². The van der Waals surface area contributed by atoms with Gasteiger partial charge >= 0.3 is 0 Å². The topological polar surface area (TPSA) is 19.4 Å². The van der Waals surface area contributed by atoms with Crippen LogP contribution in [0.4, 0.5) is 5.82 Å². The smallest absolute Gasteiger partial charge is 0.128 e. The van der Waals surface area contributed by atoms with E-state index in [-0.39, 0.29) is 5.41 Å². The Morgan fingerprint density at radius 3 is 2.35 bits per heavy atom. The standard InChI is InChI=1S/C30H42ClN3/c1-23(2)20-28(22-30(3,4)26-8-10-27(31)11-9-26)33-18-13-24(14-19-33)25-12-15-32-29(21-25)34-16-6-5-7-17-34/h8-12,15,20-21,24,28H,5-7,13-14,16-19,22H2,1-4H3. The van der Waals surface area contributed by atoms with Gasteiger partial charge in [-0.3, -0.25) is 4.90 Å². The van der Waals surface area contributed by atoms with Crippen molar-refractivity contribution >= 4 is 17.4 Å². The van der Waals surface area contributed by atoms with Gasteiger partial charge < -0.3 is 4.90 Å². The molecule has 3 heterocycles. The van der Waals surface area contributed by atoms with E-state index in [1.165, 1.54) is 54.6 Å². The first-order valence-corrected chi connectivity index (χ1v) is 13.6. The maximum atomic E-state index is 6.15. The number of aromatic nitrogens is 1. The fourth-order valence-electron chi connectivity index (χ4n) is 5.77. The molecular formula is C30H42ClN3. The number of piperidine rings is 2. The van der Waals surface area contributed by atoms with Crippen LogP contribution in [0.3, 0.4) is 0 Å². The molecule has 0 spiro atoms. The maximum Gasteiger partial charge on any atom is 0.128 e. The number of likely N-dealkylation sites (tertiary alicyclic amines) is 1. The highest BCUT2D eigenvalue weighted by Gasteiger charge is 2.31. The Morgan fingerprint density at radius 1 is 1.03 bits per heavy atom. The second kappa shape index (κ2) is 11.3. The van der Waals surface area contributed by atoms with Crippen LogP contribution in [0.25, 0.3) is 0 Å². The summed E-state index contributed by atoms with van der Waals surface area (Å²) in [4.78, 5) is 9.90. The van der Waals surface area contributed by atoms with Crippen molar-refractivity contribution in [2.24, 2.45) is 0 Å². The van der Waals surface area contributed by atoms with E-state index < -0.39 is 0 Å². The van der Waals surface area contributed by atoms with Crippen LogP contribution in [0.15, 0.2) is 54.2 Å². The Kier molecular flexibility index (Phi) is 8.37. The predicted octanol–water partition coefficient (Wildman–Crippen LogP) is 7.61. The minimum Gasteiger partial charge on any atom is -0.357 e. The van der Waals surface area contributed by atoms with Crippen molar-refractivity contribution in [2.45, 2.75) is 83.6 Å². The third kappa shape index (κ3) is 6.43. The molecule has 0 radical (unpaired) electrons. The number of hydrogen-bond acceptors (Lipinski definition) is 3. The molecule has 2 saturated heterocycles. The Labute approximate surface area is 212 Å². The monoisotopic (exact) mass is 479 g/mol. The van der Waals surface area contributed by atoms with Crippen molar-refractivity contribution in [1.29, 1.82) is 0 Å². The molecule has 184 valence electrons. The summed E-state index contributed by atoms with van der Waals surface area (Å²) in [5, 5.41) is 0.807. The summed E-state index contributed by atoms with van der Waals surface area (Å²) in [6, 6.07) is 13.5. The minimum atomic E-state index is 0.0898. The van der Waals surface area contributed by atoms with Crippen molar-refractivity contribution in [3.63, 3.8) is 0 Å². The number of anilines is 1. The molecule has 34 heavy (non-hydrogen) atoms. The fourth-order valence-corrected chi connectivity index (χ4v) is 5.89. The largest absolute Gasteiger partial charge is 0.357 e. The molecule has 2 aliphatic rings. The van der Waals surface area contributed by atoms with Crippen molar-refractivity contribution in [1.82, 2.24) is 9.88 Å². The number of nitrogens with zero attached hydrogens (tertiary/aromatic N) is 3. The first-order chi connectivity index (χ1) is 16.3. The molecule has 0 saturated carbocycles. The summed E-state index contributed by atoms with van der Waals surface area (Å²) in [6.07, 6.45) is 12.0. The number of allylic oxidation sites excluding steroid dienone is 1. The Bertz CT molecular complexity index is 947. The lowest BCUT2D eigenvalue weighted by atomic mass is 9.78. The van der Waals surface area contributed by atoms with Crippen LogP contribution >= 0.6 is 11.6 Å². The predicted molar refractivity (Wildman–Crippen MR) is 146 cm³/mol. The second-order valence-electron chi connectivity index (χ2n) is 11.2.